The molecule has 1 saturated heterocycles. The van der Waals surface area contributed by atoms with Crippen molar-refractivity contribution in [1.29, 1.82) is 0 Å². The van der Waals surface area contributed by atoms with Crippen LogP contribution >= 0.6 is 0 Å². The van der Waals surface area contributed by atoms with Crippen LogP contribution in [-0.4, -0.2) is 45.1 Å². The Labute approximate surface area is 144 Å². The van der Waals surface area contributed by atoms with Crippen molar-refractivity contribution in [1.82, 2.24) is 20.0 Å². The molecular formula is C17H19FN4O3. The number of rotatable bonds is 3. The predicted octanol–water partition coefficient (Wildman–Crippen LogP) is 2.17. The Morgan fingerprint density at radius 2 is 2.04 bits per heavy atom. The smallest absolute Gasteiger partial charge is 0.316 e. The van der Waals surface area contributed by atoms with Gasteiger partial charge in [0, 0.05) is 18.5 Å². The van der Waals surface area contributed by atoms with Gasteiger partial charge in [-0.2, -0.15) is 0 Å². The summed E-state index contributed by atoms with van der Waals surface area (Å²) in [5.41, 5.74) is 1.40. The minimum Gasteiger partial charge on any atom is -0.458 e. The van der Waals surface area contributed by atoms with Gasteiger partial charge in [0.2, 0.25) is 0 Å². The van der Waals surface area contributed by atoms with E-state index < -0.39 is 5.82 Å². The van der Waals surface area contributed by atoms with Gasteiger partial charge in [-0.15, -0.1) is 0 Å². The molecule has 2 aromatic heterocycles. The highest BCUT2D eigenvalue weighted by Gasteiger charge is 2.31. The lowest BCUT2D eigenvalue weighted by atomic mass is 9.96. The number of fused-ring (bicyclic) bond motifs is 1. The first-order valence-corrected chi connectivity index (χ1v) is 8.61. The number of hydrogen-bond acceptors (Lipinski definition) is 6. The van der Waals surface area contributed by atoms with E-state index in [0.29, 0.717) is 18.8 Å². The molecule has 1 aliphatic heterocycles. The van der Waals surface area contributed by atoms with E-state index in [-0.39, 0.29) is 18.0 Å². The van der Waals surface area contributed by atoms with Crippen LogP contribution in [0.3, 0.4) is 0 Å². The standard InChI is InChI=1S/C17H19FN4O3/c18-11-8-19-17(20-9-11)24-12-4-3-7-22(10-12)16(23)15-13-5-1-2-6-14(13)25-21-15/h8-9,12H,1-7,10H2. The molecule has 1 unspecified atom stereocenters. The summed E-state index contributed by atoms with van der Waals surface area (Å²) < 4.78 is 23.9. The van der Waals surface area contributed by atoms with Crippen molar-refractivity contribution in [2.45, 2.75) is 44.6 Å². The normalized spacial score (nSPS) is 20.2. The van der Waals surface area contributed by atoms with Crippen LogP contribution in [0.2, 0.25) is 0 Å². The highest BCUT2D eigenvalue weighted by Crippen LogP contribution is 2.26. The van der Waals surface area contributed by atoms with Crippen LogP contribution in [0.5, 0.6) is 6.01 Å². The molecule has 0 saturated carbocycles. The monoisotopic (exact) mass is 346 g/mol. The van der Waals surface area contributed by atoms with Gasteiger partial charge in [0.25, 0.3) is 5.91 Å². The second-order valence-electron chi connectivity index (χ2n) is 6.46. The molecule has 1 aliphatic carbocycles. The van der Waals surface area contributed by atoms with Gasteiger partial charge in [-0.25, -0.2) is 14.4 Å². The molecule has 0 radical (unpaired) electrons. The van der Waals surface area contributed by atoms with Crippen molar-refractivity contribution < 1.29 is 18.4 Å². The van der Waals surface area contributed by atoms with E-state index in [0.717, 1.165) is 62.2 Å². The van der Waals surface area contributed by atoms with Crippen LogP contribution in [0.15, 0.2) is 16.9 Å². The van der Waals surface area contributed by atoms with Gasteiger partial charge in [0.15, 0.2) is 11.5 Å². The number of amides is 1. The molecule has 25 heavy (non-hydrogen) atoms. The summed E-state index contributed by atoms with van der Waals surface area (Å²) >= 11 is 0. The summed E-state index contributed by atoms with van der Waals surface area (Å²) in [5, 5.41) is 4.02. The average Bonchev–Trinajstić information content (AvgIpc) is 3.07. The molecule has 0 spiro atoms. The lowest BCUT2D eigenvalue weighted by Crippen LogP contribution is -2.45. The molecule has 7 nitrogen and oxygen atoms in total. The Balaban J connectivity index is 1.44. The molecule has 1 fully saturated rings. The van der Waals surface area contributed by atoms with Crippen LogP contribution in [0.4, 0.5) is 4.39 Å². The van der Waals surface area contributed by atoms with E-state index >= 15 is 0 Å². The van der Waals surface area contributed by atoms with E-state index in [1.54, 1.807) is 4.90 Å². The van der Waals surface area contributed by atoms with Crippen LogP contribution in [0, 0.1) is 5.82 Å². The number of carbonyl (C=O) groups is 1. The van der Waals surface area contributed by atoms with E-state index in [2.05, 4.69) is 15.1 Å². The number of piperidine rings is 1. The van der Waals surface area contributed by atoms with Crippen LogP contribution < -0.4 is 4.74 Å². The topological polar surface area (TPSA) is 81.4 Å². The van der Waals surface area contributed by atoms with Crippen molar-refractivity contribution in [3.8, 4) is 6.01 Å². The zero-order valence-electron chi connectivity index (χ0n) is 13.8. The Hall–Kier alpha value is -2.51. The Kier molecular flexibility index (Phi) is 4.33. The van der Waals surface area contributed by atoms with Gasteiger partial charge in [0.05, 0.1) is 18.9 Å². The van der Waals surface area contributed by atoms with E-state index in [4.69, 9.17) is 9.26 Å². The van der Waals surface area contributed by atoms with Gasteiger partial charge in [-0.1, -0.05) is 5.16 Å². The lowest BCUT2D eigenvalue weighted by molar-refractivity contribution is 0.0505. The summed E-state index contributed by atoms with van der Waals surface area (Å²) in [6.45, 7) is 1.09. The van der Waals surface area contributed by atoms with Crippen molar-refractivity contribution >= 4 is 5.91 Å². The fourth-order valence-electron chi connectivity index (χ4n) is 3.43. The zero-order valence-corrected chi connectivity index (χ0v) is 13.8. The molecule has 1 amide bonds. The van der Waals surface area contributed by atoms with Gasteiger partial charge >= 0.3 is 6.01 Å². The van der Waals surface area contributed by atoms with E-state index in [1.807, 2.05) is 0 Å². The summed E-state index contributed by atoms with van der Waals surface area (Å²) in [7, 11) is 0. The number of nitrogens with zero attached hydrogens (tertiary/aromatic N) is 4. The number of aromatic nitrogens is 3. The molecule has 8 heteroatoms. The maximum Gasteiger partial charge on any atom is 0.316 e. The summed E-state index contributed by atoms with van der Waals surface area (Å²) in [6, 6.07) is 0.125. The summed E-state index contributed by atoms with van der Waals surface area (Å²) in [4.78, 5) is 22.2. The quantitative estimate of drug-likeness (QED) is 0.847. The van der Waals surface area contributed by atoms with Crippen molar-refractivity contribution in [3.63, 3.8) is 0 Å². The van der Waals surface area contributed by atoms with Gasteiger partial charge in [-0.3, -0.25) is 4.79 Å². The highest BCUT2D eigenvalue weighted by atomic mass is 19.1. The van der Waals surface area contributed by atoms with Crippen molar-refractivity contribution in [2.75, 3.05) is 13.1 Å². The molecule has 4 rings (SSSR count). The summed E-state index contributed by atoms with van der Waals surface area (Å²) in [5.74, 6) is 0.225. The molecule has 0 aromatic carbocycles. The first kappa shape index (κ1) is 16.0. The first-order chi connectivity index (χ1) is 12.2. The molecule has 0 bridgehead atoms. The minimum absolute atomic E-state index is 0.111. The average molecular weight is 346 g/mol. The third-order valence-electron chi connectivity index (χ3n) is 4.69. The number of aryl methyl sites for hydroxylation is 1. The van der Waals surface area contributed by atoms with E-state index in [9.17, 15) is 9.18 Å². The Bertz CT molecular complexity index is 762. The Morgan fingerprint density at radius 1 is 1.24 bits per heavy atom. The van der Waals surface area contributed by atoms with Crippen molar-refractivity contribution in [3.05, 3.63) is 35.2 Å². The Morgan fingerprint density at radius 3 is 2.88 bits per heavy atom. The van der Waals surface area contributed by atoms with Gasteiger partial charge < -0.3 is 14.2 Å². The molecular weight excluding hydrogens is 327 g/mol. The largest absolute Gasteiger partial charge is 0.458 e. The van der Waals surface area contributed by atoms with Crippen LogP contribution in [0.25, 0.3) is 0 Å². The van der Waals surface area contributed by atoms with Gasteiger partial charge in [0.1, 0.15) is 11.9 Å². The number of halogens is 1. The number of hydrogen-bond donors (Lipinski definition) is 0. The number of carbonyl (C=O) groups excluding carboxylic acids is 1. The maximum absolute atomic E-state index is 12.9. The molecule has 0 N–H and O–H groups in total. The zero-order chi connectivity index (χ0) is 17.2. The first-order valence-electron chi connectivity index (χ1n) is 8.61. The number of ether oxygens (including phenoxy) is 1. The minimum atomic E-state index is -0.511. The molecule has 1 atom stereocenters. The predicted molar refractivity (Wildman–Crippen MR) is 84.7 cm³/mol. The molecule has 3 heterocycles. The molecule has 2 aliphatic rings. The molecule has 132 valence electrons. The molecule has 2 aromatic rings. The van der Waals surface area contributed by atoms with E-state index in [1.165, 1.54) is 0 Å². The third kappa shape index (κ3) is 3.33. The summed E-state index contributed by atoms with van der Waals surface area (Å²) in [6.07, 6.45) is 7.35. The second-order valence-corrected chi connectivity index (χ2v) is 6.46. The maximum atomic E-state index is 12.9. The van der Waals surface area contributed by atoms with Crippen LogP contribution in [0.1, 0.15) is 47.5 Å². The SMILES string of the molecule is O=C(c1noc2c1CCCC2)N1CCCC(Oc2ncc(F)cn2)C1. The van der Waals surface area contributed by atoms with Crippen molar-refractivity contribution in [2.24, 2.45) is 0 Å². The second kappa shape index (κ2) is 6.78. The fourth-order valence-corrected chi connectivity index (χ4v) is 3.43. The number of likely N-dealkylation sites (tertiary alicyclic amines) is 1. The fraction of sp³-hybridized carbons (Fsp3) is 0.529. The highest BCUT2D eigenvalue weighted by molar-refractivity contribution is 5.94. The third-order valence-corrected chi connectivity index (χ3v) is 4.69. The van der Waals surface area contributed by atoms with Crippen LogP contribution in [-0.2, 0) is 12.8 Å². The van der Waals surface area contributed by atoms with Gasteiger partial charge in [-0.05, 0) is 32.1 Å². The lowest BCUT2D eigenvalue weighted by Gasteiger charge is -2.32.